The van der Waals surface area contributed by atoms with Crippen molar-refractivity contribution in [3.8, 4) is 0 Å². The normalized spacial score (nSPS) is 10.8. The van der Waals surface area contributed by atoms with Crippen molar-refractivity contribution in [3.63, 3.8) is 0 Å². The van der Waals surface area contributed by atoms with Gasteiger partial charge in [0.1, 0.15) is 12.3 Å². The first kappa shape index (κ1) is 17.2. The molecular weight excluding hydrogens is 336 g/mol. The van der Waals surface area contributed by atoms with Gasteiger partial charge in [-0.2, -0.15) is 0 Å². The Bertz CT molecular complexity index is 965. The fourth-order valence-electron chi connectivity index (χ4n) is 2.31. The van der Waals surface area contributed by atoms with E-state index in [1.807, 2.05) is 44.2 Å². The molecule has 0 amide bonds. The molecule has 128 valence electrons. The summed E-state index contributed by atoms with van der Waals surface area (Å²) in [7, 11) is 0. The Balaban J connectivity index is 1.60. The minimum Gasteiger partial charge on any atom is -0.459 e. The van der Waals surface area contributed by atoms with Crippen LogP contribution >= 0.6 is 11.8 Å². The predicted molar refractivity (Wildman–Crippen MR) is 97.9 cm³/mol. The molecule has 0 N–H and O–H groups in total. The fraction of sp³-hybridized carbons (Fsp3) is 0.211. The Morgan fingerprint density at radius 2 is 1.84 bits per heavy atom. The van der Waals surface area contributed by atoms with E-state index in [1.165, 1.54) is 27.8 Å². The number of carbonyl (C=O) groups excluding carboxylic acids is 1. The number of hydrogen-bond donors (Lipinski definition) is 0. The summed E-state index contributed by atoms with van der Waals surface area (Å²) < 4.78 is 6.71. The number of hydrogen-bond acceptors (Lipinski definition) is 5. The molecule has 2 aromatic heterocycles. The van der Waals surface area contributed by atoms with Gasteiger partial charge in [-0.25, -0.2) is 4.98 Å². The Morgan fingerprint density at radius 1 is 1.12 bits per heavy atom. The van der Waals surface area contributed by atoms with Crippen LogP contribution in [0.15, 0.2) is 58.4 Å². The van der Waals surface area contributed by atoms with Crippen LogP contribution < -0.4 is 5.56 Å². The summed E-state index contributed by atoms with van der Waals surface area (Å²) in [4.78, 5) is 29.4. The van der Waals surface area contributed by atoms with Crippen LogP contribution in [0.2, 0.25) is 0 Å². The van der Waals surface area contributed by atoms with Gasteiger partial charge in [0, 0.05) is 17.2 Å². The molecule has 6 heteroatoms. The van der Waals surface area contributed by atoms with E-state index in [4.69, 9.17) is 4.74 Å². The standard InChI is InChI=1S/C19H18N2O3S/c1-13-3-6-16(7-4-13)25-12-19(23)24-11-15-9-18(22)21-10-14(2)5-8-17(21)20-15/h3-10H,11-12H2,1-2H3. The smallest absolute Gasteiger partial charge is 0.316 e. The van der Waals surface area contributed by atoms with Crippen molar-refractivity contribution in [2.75, 3.05) is 5.75 Å². The van der Waals surface area contributed by atoms with Gasteiger partial charge in [0.25, 0.3) is 5.56 Å². The molecule has 0 aliphatic heterocycles. The highest BCUT2D eigenvalue weighted by Crippen LogP contribution is 2.18. The second-order valence-electron chi connectivity index (χ2n) is 5.78. The van der Waals surface area contributed by atoms with Gasteiger partial charge in [-0.3, -0.25) is 14.0 Å². The maximum absolute atomic E-state index is 12.1. The van der Waals surface area contributed by atoms with Crippen LogP contribution in [-0.4, -0.2) is 21.1 Å². The highest BCUT2D eigenvalue weighted by molar-refractivity contribution is 8.00. The Kier molecular flexibility index (Phi) is 5.19. The lowest BCUT2D eigenvalue weighted by Gasteiger charge is -2.07. The monoisotopic (exact) mass is 354 g/mol. The zero-order valence-electron chi connectivity index (χ0n) is 14.1. The number of benzene rings is 1. The maximum Gasteiger partial charge on any atom is 0.316 e. The van der Waals surface area contributed by atoms with E-state index in [0.29, 0.717) is 11.3 Å². The van der Waals surface area contributed by atoms with Crippen LogP contribution in [0.4, 0.5) is 0 Å². The summed E-state index contributed by atoms with van der Waals surface area (Å²) in [6, 6.07) is 13.0. The second kappa shape index (κ2) is 7.53. The van der Waals surface area contributed by atoms with Crippen molar-refractivity contribution in [2.24, 2.45) is 0 Å². The number of aryl methyl sites for hydroxylation is 2. The van der Waals surface area contributed by atoms with Crippen molar-refractivity contribution in [2.45, 2.75) is 25.3 Å². The molecule has 0 radical (unpaired) electrons. The number of aromatic nitrogens is 2. The lowest BCUT2D eigenvalue weighted by molar-refractivity contribution is -0.141. The summed E-state index contributed by atoms with van der Waals surface area (Å²) in [5.74, 6) is -0.120. The quantitative estimate of drug-likeness (QED) is 0.520. The molecular formula is C19H18N2O3S. The van der Waals surface area contributed by atoms with Gasteiger partial charge < -0.3 is 4.74 Å². The molecule has 0 aliphatic carbocycles. The number of thioether (sulfide) groups is 1. The number of rotatable bonds is 5. The molecule has 25 heavy (non-hydrogen) atoms. The second-order valence-corrected chi connectivity index (χ2v) is 6.83. The van der Waals surface area contributed by atoms with E-state index in [-0.39, 0.29) is 23.9 Å². The molecule has 3 rings (SSSR count). The zero-order valence-corrected chi connectivity index (χ0v) is 14.9. The average molecular weight is 354 g/mol. The molecule has 0 saturated carbocycles. The minimum atomic E-state index is -0.337. The van der Waals surface area contributed by atoms with Gasteiger partial charge >= 0.3 is 5.97 Å². The van der Waals surface area contributed by atoms with Crippen LogP contribution in [0.3, 0.4) is 0 Å². The van der Waals surface area contributed by atoms with Gasteiger partial charge in [-0.1, -0.05) is 23.8 Å². The van der Waals surface area contributed by atoms with Crippen molar-refractivity contribution >= 4 is 23.4 Å². The number of fused-ring (bicyclic) bond motifs is 1. The Morgan fingerprint density at radius 3 is 2.60 bits per heavy atom. The molecule has 0 bridgehead atoms. The molecule has 0 saturated heterocycles. The van der Waals surface area contributed by atoms with Crippen molar-refractivity contribution in [1.29, 1.82) is 0 Å². The van der Waals surface area contributed by atoms with Crippen molar-refractivity contribution in [3.05, 3.63) is 75.8 Å². The van der Waals surface area contributed by atoms with Crippen LogP contribution in [0, 0.1) is 13.8 Å². The van der Waals surface area contributed by atoms with E-state index in [9.17, 15) is 9.59 Å². The Labute approximate surface area is 149 Å². The molecule has 5 nitrogen and oxygen atoms in total. The SMILES string of the molecule is Cc1ccc(SCC(=O)OCc2cc(=O)n3cc(C)ccc3n2)cc1. The third kappa shape index (κ3) is 4.48. The number of nitrogens with zero attached hydrogens (tertiary/aromatic N) is 2. The van der Waals surface area contributed by atoms with E-state index in [1.54, 1.807) is 12.3 Å². The highest BCUT2D eigenvalue weighted by Gasteiger charge is 2.08. The molecule has 0 unspecified atom stereocenters. The number of ether oxygens (including phenoxy) is 1. The number of pyridine rings is 1. The minimum absolute atomic E-state index is 0.00704. The molecule has 0 spiro atoms. The van der Waals surface area contributed by atoms with Gasteiger partial charge in [0.05, 0.1) is 11.4 Å². The molecule has 0 aliphatic rings. The van der Waals surface area contributed by atoms with Crippen LogP contribution in [0.1, 0.15) is 16.8 Å². The fourth-order valence-corrected chi connectivity index (χ4v) is 3.00. The van der Waals surface area contributed by atoms with Crippen molar-refractivity contribution < 1.29 is 9.53 Å². The molecule has 2 heterocycles. The first-order valence-electron chi connectivity index (χ1n) is 7.85. The third-order valence-corrected chi connectivity index (χ3v) is 4.60. The number of carbonyl (C=O) groups is 1. The van der Waals surface area contributed by atoms with E-state index < -0.39 is 0 Å². The van der Waals surface area contributed by atoms with Crippen LogP contribution in [0.5, 0.6) is 0 Å². The van der Waals surface area contributed by atoms with Gasteiger partial charge in [0.2, 0.25) is 0 Å². The molecule has 0 fully saturated rings. The molecule has 0 atom stereocenters. The number of esters is 1. The summed E-state index contributed by atoms with van der Waals surface area (Å²) >= 11 is 1.42. The highest BCUT2D eigenvalue weighted by atomic mass is 32.2. The lowest BCUT2D eigenvalue weighted by atomic mass is 10.2. The largest absolute Gasteiger partial charge is 0.459 e. The van der Waals surface area contributed by atoms with Crippen LogP contribution in [-0.2, 0) is 16.1 Å². The summed E-state index contributed by atoms with van der Waals surface area (Å²) in [5.41, 5.74) is 2.95. The van der Waals surface area contributed by atoms with Crippen LogP contribution in [0.25, 0.3) is 5.65 Å². The maximum atomic E-state index is 12.1. The predicted octanol–water partition coefficient (Wildman–Crippen LogP) is 3.15. The first-order chi connectivity index (χ1) is 12.0. The zero-order chi connectivity index (χ0) is 17.8. The summed E-state index contributed by atoms with van der Waals surface area (Å²) in [6.45, 7) is 3.92. The first-order valence-corrected chi connectivity index (χ1v) is 8.84. The topological polar surface area (TPSA) is 60.7 Å². The van der Waals surface area contributed by atoms with E-state index in [0.717, 1.165) is 10.5 Å². The summed E-state index contributed by atoms with van der Waals surface area (Å²) in [5, 5.41) is 0. The third-order valence-electron chi connectivity index (χ3n) is 3.62. The van der Waals surface area contributed by atoms with Gasteiger partial charge in [0.15, 0.2) is 0 Å². The molecule has 1 aromatic carbocycles. The van der Waals surface area contributed by atoms with E-state index in [2.05, 4.69) is 4.98 Å². The van der Waals surface area contributed by atoms with Gasteiger partial charge in [-0.15, -0.1) is 11.8 Å². The van der Waals surface area contributed by atoms with Gasteiger partial charge in [-0.05, 0) is 37.6 Å². The summed E-state index contributed by atoms with van der Waals surface area (Å²) in [6.07, 6.45) is 1.73. The molecule has 3 aromatic rings. The van der Waals surface area contributed by atoms with Crippen molar-refractivity contribution in [1.82, 2.24) is 9.38 Å². The lowest BCUT2D eigenvalue weighted by Crippen LogP contribution is -2.17. The Hall–Kier alpha value is -2.60. The van der Waals surface area contributed by atoms with E-state index >= 15 is 0 Å². The average Bonchev–Trinajstić information content (AvgIpc) is 2.60.